The Morgan fingerprint density at radius 2 is 2.18 bits per heavy atom. The predicted molar refractivity (Wildman–Crippen MR) is 67.3 cm³/mol. The molecule has 2 saturated carbocycles. The Labute approximate surface area is 107 Å². The molecule has 0 radical (unpaired) electrons. The lowest BCUT2D eigenvalue weighted by molar-refractivity contribution is 0.288. The zero-order chi connectivity index (χ0) is 11.7. The topological polar surface area (TPSA) is 34.2 Å². The molecule has 0 atom stereocenters. The molecule has 2 fully saturated rings. The van der Waals surface area contributed by atoms with Crippen LogP contribution in [0.5, 0.6) is 5.88 Å². The third-order valence-corrected chi connectivity index (χ3v) is 3.46. The molecule has 2 aliphatic carbocycles. The Morgan fingerprint density at radius 1 is 1.35 bits per heavy atom. The van der Waals surface area contributed by atoms with E-state index in [-0.39, 0.29) is 0 Å². The van der Waals surface area contributed by atoms with Crippen LogP contribution in [-0.2, 0) is 6.54 Å². The highest BCUT2D eigenvalue weighted by molar-refractivity contribution is 6.31. The summed E-state index contributed by atoms with van der Waals surface area (Å²) in [7, 11) is 0. The molecular weight excluding hydrogens is 236 g/mol. The van der Waals surface area contributed by atoms with Gasteiger partial charge in [0.1, 0.15) is 5.02 Å². The third kappa shape index (κ3) is 3.33. The van der Waals surface area contributed by atoms with Crippen LogP contribution >= 0.6 is 11.6 Å². The van der Waals surface area contributed by atoms with Crippen molar-refractivity contribution in [2.45, 2.75) is 38.3 Å². The maximum atomic E-state index is 6.15. The van der Waals surface area contributed by atoms with Crippen LogP contribution in [-0.4, -0.2) is 17.6 Å². The van der Waals surface area contributed by atoms with Gasteiger partial charge in [0.05, 0.1) is 6.61 Å². The Kier molecular flexibility index (Phi) is 3.21. The van der Waals surface area contributed by atoms with Crippen LogP contribution in [0.4, 0.5) is 0 Å². The van der Waals surface area contributed by atoms with Gasteiger partial charge in [-0.2, -0.15) is 0 Å². The second-order valence-corrected chi connectivity index (χ2v) is 5.45. The molecule has 3 nitrogen and oxygen atoms in total. The molecule has 0 aliphatic heterocycles. The van der Waals surface area contributed by atoms with Crippen LogP contribution in [0.2, 0.25) is 5.02 Å². The quantitative estimate of drug-likeness (QED) is 0.845. The molecule has 0 aromatic carbocycles. The average Bonchev–Trinajstić information content (AvgIpc) is 3.18. The third-order valence-electron chi connectivity index (χ3n) is 3.19. The Balaban J connectivity index is 1.56. The molecule has 3 rings (SSSR count). The Morgan fingerprint density at radius 3 is 2.82 bits per heavy atom. The van der Waals surface area contributed by atoms with Gasteiger partial charge >= 0.3 is 0 Å². The fourth-order valence-electron chi connectivity index (χ4n) is 1.70. The first-order chi connectivity index (χ1) is 8.31. The highest BCUT2D eigenvalue weighted by Gasteiger charge is 2.23. The van der Waals surface area contributed by atoms with Crippen LogP contribution < -0.4 is 10.1 Å². The smallest absolute Gasteiger partial charge is 0.232 e. The fourth-order valence-corrected chi connectivity index (χ4v) is 1.94. The van der Waals surface area contributed by atoms with E-state index in [4.69, 9.17) is 16.3 Å². The van der Waals surface area contributed by atoms with Gasteiger partial charge in [-0.25, -0.2) is 4.98 Å². The summed E-state index contributed by atoms with van der Waals surface area (Å²) in [5.74, 6) is 1.30. The van der Waals surface area contributed by atoms with Crippen molar-refractivity contribution < 1.29 is 4.74 Å². The van der Waals surface area contributed by atoms with E-state index in [1.807, 2.05) is 12.3 Å². The van der Waals surface area contributed by atoms with Crippen LogP contribution in [0, 0.1) is 5.92 Å². The summed E-state index contributed by atoms with van der Waals surface area (Å²) in [5, 5.41) is 4.07. The second kappa shape index (κ2) is 4.83. The Hall–Kier alpha value is -0.800. The molecule has 0 saturated heterocycles. The maximum Gasteiger partial charge on any atom is 0.232 e. The molecule has 0 spiro atoms. The van der Waals surface area contributed by atoms with Gasteiger partial charge in [-0.1, -0.05) is 11.6 Å². The fraction of sp³-hybridized carbons (Fsp3) is 0.615. The minimum Gasteiger partial charge on any atom is -0.476 e. The van der Waals surface area contributed by atoms with Gasteiger partial charge in [-0.05, 0) is 43.2 Å². The van der Waals surface area contributed by atoms with Gasteiger partial charge in [-0.15, -0.1) is 0 Å². The molecule has 17 heavy (non-hydrogen) atoms. The lowest BCUT2D eigenvalue weighted by Crippen LogP contribution is -2.15. The van der Waals surface area contributed by atoms with E-state index in [1.54, 1.807) is 0 Å². The summed E-state index contributed by atoms with van der Waals surface area (Å²) in [6.45, 7) is 1.60. The number of hydrogen-bond acceptors (Lipinski definition) is 3. The maximum absolute atomic E-state index is 6.15. The first-order valence-electron chi connectivity index (χ1n) is 6.32. The monoisotopic (exact) mass is 252 g/mol. The van der Waals surface area contributed by atoms with Crippen molar-refractivity contribution in [1.82, 2.24) is 10.3 Å². The van der Waals surface area contributed by atoms with Crippen molar-refractivity contribution in [2.24, 2.45) is 5.92 Å². The number of pyridine rings is 1. The van der Waals surface area contributed by atoms with Crippen molar-refractivity contribution >= 4 is 11.6 Å². The van der Waals surface area contributed by atoms with Gasteiger partial charge in [-0.3, -0.25) is 0 Å². The Bertz CT molecular complexity index is 402. The van der Waals surface area contributed by atoms with E-state index >= 15 is 0 Å². The van der Waals surface area contributed by atoms with E-state index < -0.39 is 0 Å². The average molecular weight is 253 g/mol. The van der Waals surface area contributed by atoms with E-state index in [2.05, 4.69) is 10.3 Å². The van der Waals surface area contributed by atoms with Gasteiger partial charge in [0.2, 0.25) is 5.88 Å². The number of rotatable bonds is 6. The van der Waals surface area contributed by atoms with Crippen LogP contribution in [0.25, 0.3) is 0 Å². The van der Waals surface area contributed by atoms with Gasteiger partial charge in [0.15, 0.2) is 0 Å². The zero-order valence-corrected chi connectivity index (χ0v) is 10.5. The minimum absolute atomic E-state index is 0.578. The van der Waals surface area contributed by atoms with Gasteiger partial charge < -0.3 is 10.1 Å². The molecular formula is C13H17ClN2O. The summed E-state index contributed by atoms with van der Waals surface area (Å²) in [6, 6.07) is 2.66. The summed E-state index contributed by atoms with van der Waals surface area (Å²) in [4.78, 5) is 4.28. The van der Waals surface area contributed by atoms with Crippen molar-refractivity contribution in [3.63, 3.8) is 0 Å². The highest BCUT2D eigenvalue weighted by atomic mass is 35.5. The molecule has 92 valence electrons. The number of nitrogens with zero attached hydrogens (tertiary/aromatic N) is 1. The van der Waals surface area contributed by atoms with Crippen molar-refractivity contribution in [2.75, 3.05) is 6.61 Å². The summed E-state index contributed by atoms with van der Waals surface area (Å²) >= 11 is 6.15. The molecule has 1 heterocycles. The second-order valence-electron chi connectivity index (χ2n) is 5.04. The molecule has 2 aliphatic rings. The zero-order valence-electron chi connectivity index (χ0n) is 9.79. The number of ether oxygens (including phenoxy) is 1. The largest absolute Gasteiger partial charge is 0.476 e. The number of halogens is 1. The normalized spacial score (nSPS) is 19.4. The number of nitrogens with one attached hydrogen (secondary N) is 1. The lowest BCUT2D eigenvalue weighted by atomic mass is 10.3. The van der Waals surface area contributed by atoms with Crippen molar-refractivity contribution in [1.29, 1.82) is 0 Å². The van der Waals surface area contributed by atoms with Gasteiger partial charge in [0.25, 0.3) is 0 Å². The molecule has 0 unspecified atom stereocenters. The van der Waals surface area contributed by atoms with Crippen LogP contribution in [0.1, 0.15) is 31.2 Å². The van der Waals surface area contributed by atoms with Gasteiger partial charge in [0, 0.05) is 18.8 Å². The lowest BCUT2D eigenvalue weighted by Gasteiger charge is -2.08. The molecule has 1 aromatic rings. The summed E-state index contributed by atoms with van der Waals surface area (Å²) < 4.78 is 5.59. The van der Waals surface area contributed by atoms with E-state index in [0.29, 0.717) is 16.9 Å². The highest BCUT2D eigenvalue weighted by Crippen LogP contribution is 2.31. The summed E-state index contributed by atoms with van der Waals surface area (Å²) in [6.07, 6.45) is 7.00. The minimum atomic E-state index is 0.578. The molecule has 1 aromatic heterocycles. The SMILES string of the molecule is Clc1cc(CNC2CC2)cnc1OCC1CC1. The standard InChI is InChI=1S/C13H17ClN2O/c14-12-5-10(6-15-11-3-4-11)7-16-13(12)17-8-9-1-2-9/h5,7,9,11,15H,1-4,6,8H2. The molecule has 0 amide bonds. The van der Waals surface area contributed by atoms with E-state index in [1.165, 1.54) is 25.7 Å². The first-order valence-corrected chi connectivity index (χ1v) is 6.69. The van der Waals surface area contributed by atoms with Crippen LogP contribution in [0.3, 0.4) is 0 Å². The summed E-state index contributed by atoms with van der Waals surface area (Å²) in [5.41, 5.74) is 1.13. The molecule has 0 bridgehead atoms. The van der Waals surface area contributed by atoms with E-state index in [0.717, 1.165) is 24.6 Å². The van der Waals surface area contributed by atoms with E-state index in [9.17, 15) is 0 Å². The molecule has 4 heteroatoms. The van der Waals surface area contributed by atoms with Crippen LogP contribution in [0.15, 0.2) is 12.3 Å². The van der Waals surface area contributed by atoms with Crippen molar-refractivity contribution in [3.05, 3.63) is 22.8 Å². The first kappa shape index (κ1) is 11.3. The number of hydrogen-bond donors (Lipinski definition) is 1. The molecule has 1 N–H and O–H groups in total. The number of aromatic nitrogens is 1. The van der Waals surface area contributed by atoms with Crippen molar-refractivity contribution in [3.8, 4) is 5.88 Å². The predicted octanol–water partition coefficient (Wildman–Crippen LogP) is 2.78.